The van der Waals surface area contributed by atoms with Crippen LogP contribution >= 0.6 is 11.6 Å². The van der Waals surface area contributed by atoms with E-state index in [1.807, 2.05) is 0 Å². The number of benzene rings is 1. The monoisotopic (exact) mass is 389 g/mol. The average molecular weight is 390 g/mol. The molecule has 0 spiro atoms. The number of aryl methyl sites for hydroxylation is 1. The first-order valence-electron chi connectivity index (χ1n) is 7.75. The number of fused-ring (bicyclic) bond motifs is 1. The van der Waals surface area contributed by atoms with Crippen LogP contribution in [0.2, 0.25) is 5.02 Å². The Morgan fingerprint density at radius 3 is 2.65 bits per heavy atom. The molecule has 0 bridgehead atoms. The van der Waals surface area contributed by atoms with E-state index in [2.05, 4.69) is 10.4 Å². The highest BCUT2D eigenvalue weighted by Crippen LogP contribution is 2.35. The van der Waals surface area contributed by atoms with Crippen molar-refractivity contribution < 1.29 is 27.4 Å². The Morgan fingerprint density at radius 2 is 2.00 bits per heavy atom. The number of carbonyl (C=O) groups is 1. The number of anilines is 1. The molecule has 0 unspecified atom stereocenters. The highest BCUT2D eigenvalue weighted by atomic mass is 35.5. The van der Waals surface area contributed by atoms with E-state index < -0.39 is 16.9 Å². The third kappa shape index (κ3) is 3.87. The van der Waals surface area contributed by atoms with Gasteiger partial charge in [0.25, 0.3) is 0 Å². The SMILES string of the molecule is Cc1c(Cl)c(C(F)(F)F)nn1CCC(=O)Nc1ccc2c(c1)OCCO2. The van der Waals surface area contributed by atoms with E-state index in [1.165, 1.54) is 6.92 Å². The maximum Gasteiger partial charge on any atom is 0.436 e. The molecule has 6 nitrogen and oxygen atoms in total. The lowest BCUT2D eigenvalue weighted by atomic mass is 10.2. The van der Waals surface area contributed by atoms with Gasteiger partial charge >= 0.3 is 6.18 Å². The van der Waals surface area contributed by atoms with Crippen LogP contribution in [-0.2, 0) is 17.5 Å². The van der Waals surface area contributed by atoms with Crippen LogP contribution < -0.4 is 14.8 Å². The van der Waals surface area contributed by atoms with Gasteiger partial charge in [0.2, 0.25) is 5.91 Å². The second kappa shape index (κ2) is 7.06. The summed E-state index contributed by atoms with van der Waals surface area (Å²) >= 11 is 5.68. The predicted octanol–water partition coefficient (Wildman–Crippen LogP) is 3.66. The quantitative estimate of drug-likeness (QED) is 0.866. The number of hydrogen-bond donors (Lipinski definition) is 1. The minimum atomic E-state index is -4.64. The fraction of sp³-hybridized carbons (Fsp3) is 0.375. The Kier molecular flexibility index (Phi) is 4.99. The molecule has 0 atom stereocenters. The lowest BCUT2D eigenvalue weighted by Gasteiger charge is -2.19. The zero-order valence-electron chi connectivity index (χ0n) is 13.7. The van der Waals surface area contributed by atoms with E-state index in [-0.39, 0.29) is 24.6 Å². The largest absolute Gasteiger partial charge is 0.486 e. The highest BCUT2D eigenvalue weighted by Gasteiger charge is 2.38. The fourth-order valence-corrected chi connectivity index (χ4v) is 2.72. The fourth-order valence-electron chi connectivity index (χ4n) is 2.48. The molecule has 1 aromatic heterocycles. The topological polar surface area (TPSA) is 65.4 Å². The van der Waals surface area contributed by atoms with Crippen LogP contribution in [0.5, 0.6) is 11.5 Å². The number of carbonyl (C=O) groups excluding carboxylic acids is 1. The van der Waals surface area contributed by atoms with Gasteiger partial charge in [-0.1, -0.05) is 11.6 Å². The lowest BCUT2D eigenvalue weighted by Crippen LogP contribution is -2.17. The van der Waals surface area contributed by atoms with E-state index in [4.69, 9.17) is 21.1 Å². The first-order chi connectivity index (χ1) is 12.3. The Labute approximate surface area is 151 Å². The summed E-state index contributed by atoms with van der Waals surface area (Å²) in [6, 6.07) is 4.96. The van der Waals surface area contributed by atoms with Crippen molar-refractivity contribution in [1.82, 2.24) is 9.78 Å². The van der Waals surface area contributed by atoms with Crippen molar-refractivity contribution in [1.29, 1.82) is 0 Å². The zero-order valence-corrected chi connectivity index (χ0v) is 14.4. The number of rotatable bonds is 4. The van der Waals surface area contributed by atoms with Gasteiger partial charge in [0.05, 0.1) is 17.3 Å². The van der Waals surface area contributed by atoms with Gasteiger partial charge in [0.1, 0.15) is 13.2 Å². The number of nitrogens with one attached hydrogen (secondary N) is 1. The van der Waals surface area contributed by atoms with E-state index in [0.29, 0.717) is 30.4 Å². The second-order valence-corrected chi connectivity index (χ2v) is 6.00. The van der Waals surface area contributed by atoms with Crippen molar-refractivity contribution in [2.75, 3.05) is 18.5 Å². The molecule has 10 heteroatoms. The summed E-state index contributed by atoms with van der Waals surface area (Å²) in [7, 11) is 0. The molecular weight excluding hydrogens is 375 g/mol. The minimum Gasteiger partial charge on any atom is -0.486 e. The van der Waals surface area contributed by atoms with Gasteiger partial charge in [-0.15, -0.1) is 0 Å². The molecule has 0 saturated carbocycles. The summed E-state index contributed by atoms with van der Waals surface area (Å²) in [5, 5.41) is 5.67. The maximum atomic E-state index is 12.8. The lowest BCUT2D eigenvalue weighted by molar-refractivity contribution is -0.141. The van der Waals surface area contributed by atoms with E-state index in [1.54, 1.807) is 18.2 Å². The summed E-state index contributed by atoms with van der Waals surface area (Å²) in [5.74, 6) is 0.746. The van der Waals surface area contributed by atoms with Crippen LogP contribution in [-0.4, -0.2) is 28.9 Å². The molecule has 0 fully saturated rings. The molecule has 1 N–H and O–H groups in total. The molecule has 1 aliphatic heterocycles. The van der Waals surface area contributed by atoms with Gasteiger partial charge in [0.15, 0.2) is 17.2 Å². The average Bonchev–Trinajstić information content (AvgIpc) is 2.88. The van der Waals surface area contributed by atoms with Crippen molar-refractivity contribution >= 4 is 23.2 Å². The molecule has 0 aliphatic carbocycles. The predicted molar refractivity (Wildman–Crippen MR) is 87.7 cm³/mol. The first-order valence-corrected chi connectivity index (χ1v) is 8.13. The number of nitrogens with zero attached hydrogens (tertiary/aromatic N) is 2. The maximum absolute atomic E-state index is 12.8. The molecule has 26 heavy (non-hydrogen) atoms. The first kappa shape index (κ1) is 18.4. The molecule has 2 heterocycles. The molecule has 0 saturated heterocycles. The third-order valence-electron chi connectivity index (χ3n) is 3.78. The molecule has 1 aliphatic rings. The highest BCUT2D eigenvalue weighted by molar-refractivity contribution is 6.31. The van der Waals surface area contributed by atoms with Gasteiger partial charge in [-0.05, 0) is 19.1 Å². The Morgan fingerprint density at radius 1 is 1.31 bits per heavy atom. The molecule has 1 amide bonds. The van der Waals surface area contributed by atoms with Crippen molar-refractivity contribution in [3.63, 3.8) is 0 Å². The van der Waals surface area contributed by atoms with Crippen LogP contribution in [0.15, 0.2) is 18.2 Å². The number of alkyl halides is 3. The minimum absolute atomic E-state index is 0.0297. The number of halogens is 4. The van der Waals surface area contributed by atoms with Crippen molar-refractivity contribution in [3.05, 3.63) is 34.6 Å². The summed E-state index contributed by atoms with van der Waals surface area (Å²) in [6.07, 6.45) is -4.70. The number of aromatic nitrogens is 2. The summed E-state index contributed by atoms with van der Waals surface area (Å²) in [5.41, 5.74) is -0.486. The smallest absolute Gasteiger partial charge is 0.436 e. The molecule has 0 radical (unpaired) electrons. The summed E-state index contributed by atoms with van der Waals surface area (Å²) in [4.78, 5) is 12.1. The normalized spacial score (nSPS) is 13.6. The van der Waals surface area contributed by atoms with Crippen molar-refractivity contribution in [2.45, 2.75) is 26.1 Å². The van der Waals surface area contributed by atoms with E-state index in [9.17, 15) is 18.0 Å². The van der Waals surface area contributed by atoms with Crippen LogP contribution in [0.4, 0.5) is 18.9 Å². The molecular formula is C16H15ClF3N3O3. The third-order valence-corrected chi connectivity index (χ3v) is 4.23. The molecule has 2 aromatic rings. The van der Waals surface area contributed by atoms with Gasteiger partial charge in [-0.2, -0.15) is 18.3 Å². The van der Waals surface area contributed by atoms with Gasteiger partial charge in [0, 0.05) is 18.2 Å². The molecule has 140 valence electrons. The van der Waals surface area contributed by atoms with Crippen LogP contribution in [0.3, 0.4) is 0 Å². The van der Waals surface area contributed by atoms with Crippen molar-refractivity contribution in [2.24, 2.45) is 0 Å². The molecule has 1 aromatic carbocycles. The number of amides is 1. The summed E-state index contributed by atoms with van der Waals surface area (Å²) in [6.45, 7) is 2.27. The van der Waals surface area contributed by atoms with Crippen LogP contribution in [0.25, 0.3) is 0 Å². The standard InChI is InChI=1S/C16H15ClF3N3O3/c1-9-14(17)15(16(18,19)20)22-23(9)5-4-13(24)21-10-2-3-11-12(8-10)26-7-6-25-11/h2-3,8H,4-7H2,1H3,(H,21,24). The zero-order chi connectivity index (χ0) is 18.9. The Hall–Kier alpha value is -2.42. The van der Waals surface area contributed by atoms with Crippen LogP contribution in [0.1, 0.15) is 17.8 Å². The number of ether oxygens (including phenoxy) is 2. The van der Waals surface area contributed by atoms with Gasteiger partial charge in [-0.25, -0.2) is 0 Å². The van der Waals surface area contributed by atoms with Gasteiger partial charge < -0.3 is 14.8 Å². The summed E-state index contributed by atoms with van der Waals surface area (Å²) < 4.78 is 50.3. The Bertz CT molecular complexity index is 836. The second-order valence-electron chi connectivity index (χ2n) is 5.63. The molecule has 3 rings (SSSR count). The Balaban J connectivity index is 1.63. The van der Waals surface area contributed by atoms with E-state index in [0.717, 1.165) is 4.68 Å². The van der Waals surface area contributed by atoms with Crippen molar-refractivity contribution in [3.8, 4) is 11.5 Å². The van der Waals surface area contributed by atoms with Crippen LogP contribution in [0, 0.1) is 6.92 Å². The van der Waals surface area contributed by atoms with E-state index >= 15 is 0 Å². The number of hydrogen-bond acceptors (Lipinski definition) is 4. The van der Waals surface area contributed by atoms with Gasteiger partial charge in [-0.3, -0.25) is 9.48 Å².